The van der Waals surface area contributed by atoms with Gasteiger partial charge in [-0.05, 0) is 81.3 Å². The zero-order valence-corrected chi connectivity index (χ0v) is 23.0. The van der Waals surface area contributed by atoms with E-state index >= 15 is 0 Å². The molecule has 1 saturated heterocycles. The monoisotopic (exact) mass is 521 g/mol. The fourth-order valence-corrected chi connectivity index (χ4v) is 4.95. The van der Waals surface area contributed by atoms with Gasteiger partial charge in [0.05, 0.1) is 11.6 Å². The molecule has 5 rings (SSSR count). The highest BCUT2D eigenvalue weighted by Crippen LogP contribution is 2.28. The van der Waals surface area contributed by atoms with Gasteiger partial charge in [-0.2, -0.15) is 0 Å². The Labute approximate surface area is 230 Å². The summed E-state index contributed by atoms with van der Waals surface area (Å²) in [6.45, 7) is 5.90. The van der Waals surface area contributed by atoms with E-state index in [-0.39, 0.29) is 17.6 Å². The van der Waals surface area contributed by atoms with Crippen LogP contribution in [0.1, 0.15) is 42.6 Å². The first-order valence-corrected chi connectivity index (χ1v) is 13.3. The van der Waals surface area contributed by atoms with E-state index in [1.54, 1.807) is 18.3 Å². The highest BCUT2D eigenvalue weighted by molar-refractivity contribution is 6.04. The van der Waals surface area contributed by atoms with E-state index in [2.05, 4.69) is 80.8 Å². The van der Waals surface area contributed by atoms with Gasteiger partial charge in [-0.1, -0.05) is 11.8 Å². The molecule has 7 nitrogen and oxygen atoms in total. The molecule has 0 aliphatic carbocycles. The van der Waals surface area contributed by atoms with Crippen molar-refractivity contribution in [2.75, 3.05) is 30.4 Å². The Morgan fingerprint density at radius 3 is 2.51 bits per heavy atom. The molecule has 2 aromatic carbocycles. The van der Waals surface area contributed by atoms with Crippen molar-refractivity contribution in [3.05, 3.63) is 84.2 Å². The molecule has 1 aliphatic rings. The quantitative estimate of drug-likeness (QED) is 0.354. The molecule has 2 N–H and O–H groups in total. The Balaban J connectivity index is 1.24. The predicted molar refractivity (Wildman–Crippen MR) is 157 cm³/mol. The van der Waals surface area contributed by atoms with Crippen LogP contribution in [0.3, 0.4) is 0 Å². The molecule has 4 aromatic rings. The van der Waals surface area contributed by atoms with E-state index in [1.807, 2.05) is 38.4 Å². The lowest BCUT2D eigenvalue weighted by Crippen LogP contribution is -2.48. The van der Waals surface area contributed by atoms with E-state index < -0.39 is 0 Å². The molecule has 0 radical (unpaired) electrons. The molecular weight excluding hydrogens is 486 g/mol. The number of nitrogens with zero attached hydrogens (tertiary/aromatic N) is 4. The van der Waals surface area contributed by atoms with Crippen molar-refractivity contribution < 1.29 is 9.90 Å². The third-order valence-electron chi connectivity index (χ3n) is 7.54. The van der Waals surface area contributed by atoms with Gasteiger partial charge in [-0.15, -0.1) is 0 Å². The zero-order valence-electron chi connectivity index (χ0n) is 23.0. The fourth-order valence-electron chi connectivity index (χ4n) is 4.95. The van der Waals surface area contributed by atoms with E-state index in [0.29, 0.717) is 11.4 Å². The van der Waals surface area contributed by atoms with Gasteiger partial charge in [-0.3, -0.25) is 9.69 Å². The highest BCUT2D eigenvalue weighted by Gasteiger charge is 2.28. The number of piperidine rings is 1. The van der Waals surface area contributed by atoms with Crippen LogP contribution in [-0.4, -0.2) is 57.2 Å². The third-order valence-corrected chi connectivity index (χ3v) is 7.54. The number of likely N-dealkylation sites (tertiary alicyclic amines) is 1. The number of hydrogen-bond acceptors (Lipinski definition) is 5. The van der Waals surface area contributed by atoms with E-state index in [0.717, 1.165) is 42.9 Å². The zero-order chi connectivity index (χ0) is 27.6. The minimum Gasteiger partial charge on any atom is -0.393 e. The second-order valence-corrected chi connectivity index (χ2v) is 10.7. The maximum atomic E-state index is 12.9. The molecule has 7 heteroatoms. The lowest BCUT2D eigenvalue weighted by Gasteiger charge is -2.38. The summed E-state index contributed by atoms with van der Waals surface area (Å²) in [4.78, 5) is 21.7. The van der Waals surface area contributed by atoms with Crippen LogP contribution >= 0.6 is 0 Å². The minimum atomic E-state index is -0.285. The number of benzene rings is 2. The molecule has 0 atom stereocenters. The Bertz CT molecular complexity index is 1540. The Morgan fingerprint density at radius 2 is 1.77 bits per heavy atom. The van der Waals surface area contributed by atoms with Gasteiger partial charge in [0, 0.05) is 79.0 Å². The van der Waals surface area contributed by atoms with Crippen LogP contribution in [0.5, 0.6) is 0 Å². The number of carbonyl (C=O) groups is 1. The van der Waals surface area contributed by atoms with Crippen molar-refractivity contribution in [3.8, 4) is 11.8 Å². The van der Waals surface area contributed by atoms with Gasteiger partial charge >= 0.3 is 0 Å². The summed E-state index contributed by atoms with van der Waals surface area (Å²) in [5.41, 5.74) is 4.27. The predicted octanol–water partition coefficient (Wildman–Crippen LogP) is 5.18. The summed E-state index contributed by atoms with van der Waals surface area (Å²) < 4.78 is 2.10. The highest BCUT2D eigenvalue weighted by atomic mass is 16.3. The Hall–Kier alpha value is -4.12. The number of anilines is 3. The lowest BCUT2D eigenvalue weighted by atomic mass is 9.97. The van der Waals surface area contributed by atoms with Crippen molar-refractivity contribution >= 4 is 34.0 Å². The molecule has 1 aliphatic heterocycles. The number of nitrogens with one attached hydrogen (secondary N) is 1. The second kappa shape index (κ2) is 10.9. The molecule has 1 amide bonds. The lowest BCUT2D eigenvalue weighted by molar-refractivity contribution is 0.0508. The van der Waals surface area contributed by atoms with E-state index in [9.17, 15) is 9.90 Å². The van der Waals surface area contributed by atoms with Crippen LogP contribution in [0.2, 0.25) is 0 Å². The number of carbonyl (C=O) groups excluding carboxylic acids is 1. The van der Waals surface area contributed by atoms with Gasteiger partial charge < -0.3 is 19.9 Å². The Kier molecular flexibility index (Phi) is 7.42. The van der Waals surface area contributed by atoms with Crippen LogP contribution in [0, 0.1) is 11.8 Å². The first-order chi connectivity index (χ1) is 18.7. The summed E-state index contributed by atoms with van der Waals surface area (Å²) >= 11 is 0. The Morgan fingerprint density at radius 1 is 1.05 bits per heavy atom. The van der Waals surface area contributed by atoms with Gasteiger partial charge in [-0.25, -0.2) is 4.98 Å². The first-order valence-electron chi connectivity index (χ1n) is 13.3. The number of fused-ring (bicyclic) bond motifs is 1. The molecule has 39 heavy (non-hydrogen) atoms. The topological polar surface area (TPSA) is 73.6 Å². The maximum absolute atomic E-state index is 12.9. The van der Waals surface area contributed by atoms with E-state index in [4.69, 9.17) is 0 Å². The smallest absolute Gasteiger partial charge is 0.256 e. The van der Waals surface area contributed by atoms with Gasteiger partial charge in [0.15, 0.2) is 0 Å². The number of hydrogen-bond donors (Lipinski definition) is 2. The average molecular weight is 522 g/mol. The molecule has 0 saturated carbocycles. The van der Waals surface area contributed by atoms with Gasteiger partial charge in [0.2, 0.25) is 0 Å². The number of aliphatic hydroxyl groups excluding tert-OH is 1. The normalized spacial score (nSPS) is 14.6. The van der Waals surface area contributed by atoms with Crippen LogP contribution in [-0.2, 0) is 7.05 Å². The molecule has 3 heterocycles. The second-order valence-electron chi connectivity index (χ2n) is 10.7. The largest absolute Gasteiger partial charge is 0.393 e. The summed E-state index contributed by atoms with van der Waals surface area (Å²) in [5.74, 6) is 6.89. The summed E-state index contributed by atoms with van der Waals surface area (Å²) in [6, 6.07) is 19.6. The summed E-state index contributed by atoms with van der Waals surface area (Å²) in [5, 5.41) is 13.9. The van der Waals surface area contributed by atoms with Crippen molar-refractivity contribution in [2.45, 2.75) is 38.3 Å². The number of amides is 1. The molecule has 0 bridgehead atoms. The summed E-state index contributed by atoms with van der Waals surface area (Å²) in [6.07, 6.45) is 5.12. The van der Waals surface area contributed by atoms with Crippen molar-refractivity contribution in [3.63, 3.8) is 0 Å². The standard InChI is InChI=1S/C32H35N5O2/c1-32(2,37-19-14-28(38)15-20-37)16-11-23-5-7-24(8-6-23)31(39)34-30-22-27(12-17-33-30)36(4)26-9-10-29-25(21-26)13-18-35(29)3/h5-10,12-13,17-18,21-22,28,38H,14-15,19-20H2,1-4H3,(H,33,34,39). The number of rotatable bonds is 5. The van der Waals surface area contributed by atoms with E-state index in [1.165, 1.54) is 10.9 Å². The average Bonchev–Trinajstić information content (AvgIpc) is 3.32. The van der Waals surface area contributed by atoms with Gasteiger partial charge in [0.25, 0.3) is 5.91 Å². The van der Waals surface area contributed by atoms with Crippen LogP contribution < -0.4 is 10.2 Å². The molecule has 0 spiro atoms. The third kappa shape index (κ3) is 5.98. The molecule has 2 aromatic heterocycles. The number of pyridine rings is 1. The van der Waals surface area contributed by atoms with Crippen LogP contribution in [0.15, 0.2) is 73.1 Å². The van der Waals surface area contributed by atoms with Gasteiger partial charge in [0.1, 0.15) is 5.82 Å². The van der Waals surface area contributed by atoms with Crippen LogP contribution in [0.25, 0.3) is 10.9 Å². The molecule has 1 fully saturated rings. The minimum absolute atomic E-state index is 0.202. The number of aryl methyl sites for hydroxylation is 1. The molecule has 200 valence electrons. The molecule has 0 unspecified atom stereocenters. The van der Waals surface area contributed by atoms with Crippen molar-refractivity contribution in [1.29, 1.82) is 0 Å². The maximum Gasteiger partial charge on any atom is 0.256 e. The van der Waals surface area contributed by atoms with Crippen molar-refractivity contribution in [1.82, 2.24) is 14.5 Å². The first kappa shape index (κ1) is 26.5. The SMILES string of the molecule is CN(c1ccnc(NC(=O)c2ccc(C#CC(C)(C)N3CCC(O)CC3)cc2)c1)c1ccc2c(ccn2C)c1. The van der Waals surface area contributed by atoms with Crippen LogP contribution in [0.4, 0.5) is 17.2 Å². The fraction of sp³-hybridized carbons (Fsp3) is 0.312. The van der Waals surface area contributed by atoms with Crippen molar-refractivity contribution in [2.24, 2.45) is 7.05 Å². The summed E-state index contributed by atoms with van der Waals surface area (Å²) in [7, 11) is 4.04. The number of aromatic nitrogens is 2. The molecular formula is C32H35N5O2. The number of aliphatic hydroxyl groups is 1.